The van der Waals surface area contributed by atoms with Crippen LogP contribution in [0, 0.1) is 5.41 Å². The Morgan fingerprint density at radius 1 is 1.05 bits per heavy atom. The van der Waals surface area contributed by atoms with E-state index in [1.165, 1.54) is 38.6 Å². The second kappa shape index (κ2) is 7.40. The van der Waals surface area contributed by atoms with Crippen molar-refractivity contribution in [1.82, 2.24) is 15.1 Å². The summed E-state index contributed by atoms with van der Waals surface area (Å²) in [7, 11) is 6.78. The molecule has 1 aliphatic carbocycles. The largest absolute Gasteiger partial charge is 0.381 e. The summed E-state index contributed by atoms with van der Waals surface area (Å²) in [6.45, 7) is 8.52. The molecule has 1 saturated carbocycles. The number of rotatable bonds is 8. The number of nitrogens with zero attached hydrogens (tertiary/aromatic N) is 2. The van der Waals surface area contributed by atoms with E-state index < -0.39 is 0 Å². The van der Waals surface area contributed by atoms with Gasteiger partial charge in [0.2, 0.25) is 0 Å². The van der Waals surface area contributed by atoms with Crippen molar-refractivity contribution in [3.63, 3.8) is 0 Å². The molecule has 0 bridgehead atoms. The van der Waals surface area contributed by atoms with Crippen LogP contribution in [0.15, 0.2) is 0 Å². The van der Waals surface area contributed by atoms with Crippen molar-refractivity contribution in [2.75, 3.05) is 60.5 Å². The molecule has 1 aliphatic heterocycles. The van der Waals surface area contributed by atoms with Crippen molar-refractivity contribution in [2.24, 2.45) is 5.41 Å². The number of likely N-dealkylation sites (N-methyl/N-ethyl adjacent to an activating group) is 2. The first kappa shape index (κ1) is 17.2. The third-order valence-electron chi connectivity index (χ3n) is 5.56. The van der Waals surface area contributed by atoms with Gasteiger partial charge in [-0.3, -0.25) is 0 Å². The minimum absolute atomic E-state index is 0.306. The Balaban J connectivity index is 1.92. The van der Waals surface area contributed by atoms with Crippen LogP contribution in [-0.2, 0) is 4.74 Å². The van der Waals surface area contributed by atoms with Gasteiger partial charge in [-0.2, -0.15) is 0 Å². The maximum atomic E-state index is 5.82. The predicted molar refractivity (Wildman–Crippen MR) is 88.8 cm³/mol. The zero-order valence-electron chi connectivity index (χ0n) is 14.6. The third kappa shape index (κ3) is 4.19. The van der Waals surface area contributed by atoms with E-state index in [9.17, 15) is 0 Å². The van der Waals surface area contributed by atoms with Crippen molar-refractivity contribution >= 4 is 0 Å². The molecule has 2 aliphatic rings. The molecule has 1 N–H and O–H groups in total. The lowest BCUT2D eigenvalue weighted by Crippen LogP contribution is -2.58. The second-order valence-electron chi connectivity index (χ2n) is 7.58. The van der Waals surface area contributed by atoms with Gasteiger partial charge in [-0.1, -0.05) is 6.92 Å². The van der Waals surface area contributed by atoms with Crippen molar-refractivity contribution in [3.05, 3.63) is 0 Å². The smallest absolute Gasteiger partial charge is 0.0546 e. The van der Waals surface area contributed by atoms with Gasteiger partial charge in [0.15, 0.2) is 0 Å². The molecule has 1 heterocycles. The SMILES string of the molecule is CCNCC1(CN(C)CC2(N(C)C)CCC2)CCCOC1. The summed E-state index contributed by atoms with van der Waals surface area (Å²) in [6, 6.07) is 0. The first-order valence-corrected chi connectivity index (χ1v) is 8.66. The molecule has 2 fully saturated rings. The van der Waals surface area contributed by atoms with Crippen molar-refractivity contribution in [3.8, 4) is 0 Å². The van der Waals surface area contributed by atoms with Crippen LogP contribution in [0.3, 0.4) is 0 Å². The van der Waals surface area contributed by atoms with E-state index in [2.05, 4.69) is 43.2 Å². The van der Waals surface area contributed by atoms with Crippen LogP contribution in [-0.4, -0.2) is 75.9 Å². The highest BCUT2D eigenvalue weighted by molar-refractivity contribution is 4.99. The summed E-state index contributed by atoms with van der Waals surface area (Å²) < 4.78 is 5.82. The van der Waals surface area contributed by atoms with Gasteiger partial charge in [-0.25, -0.2) is 0 Å². The summed E-state index contributed by atoms with van der Waals surface area (Å²) in [5, 5.41) is 3.56. The van der Waals surface area contributed by atoms with Gasteiger partial charge in [0.25, 0.3) is 0 Å². The van der Waals surface area contributed by atoms with E-state index in [0.717, 1.165) is 32.8 Å². The van der Waals surface area contributed by atoms with Gasteiger partial charge in [-0.05, 0) is 59.8 Å². The fourth-order valence-electron chi connectivity index (χ4n) is 4.08. The standard InChI is InChI=1S/C17H35N3O/c1-5-18-12-16(8-7-11-21-15-16)13-20(4)14-17(19(2)3)9-6-10-17/h18H,5-15H2,1-4H3. The lowest BCUT2D eigenvalue weighted by Gasteiger charge is -2.50. The van der Waals surface area contributed by atoms with Crippen molar-refractivity contribution in [1.29, 1.82) is 0 Å². The molecular formula is C17H35N3O. The monoisotopic (exact) mass is 297 g/mol. The molecule has 0 aromatic carbocycles. The predicted octanol–water partition coefficient (Wildman–Crippen LogP) is 1.81. The summed E-state index contributed by atoms with van der Waals surface area (Å²) in [6.07, 6.45) is 6.58. The van der Waals surface area contributed by atoms with Gasteiger partial charge in [0.1, 0.15) is 0 Å². The molecule has 0 aromatic heterocycles. The summed E-state index contributed by atoms with van der Waals surface area (Å²) in [5.74, 6) is 0. The highest BCUT2D eigenvalue weighted by Gasteiger charge is 2.41. The Labute approximate surface area is 131 Å². The zero-order valence-corrected chi connectivity index (χ0v) is 14.6. The quantitative estimate of drug-likeness (QED) is 0.739. The molecule has 0 spiro atoms. The lowest BCUT2D eigenvalue weighted by molar-refractivity contribution is -0.0379. The molecule has 124 valence electrons. The number of ether oxygens (including phenoxy) is 1. The summed E-state index contributed by atoms with van der Waals surface area (Å²) >= 11 is 0. The Morgan fingerprint density at radius 3 is 2.29 bits per heavy atom. The van der Waals surface area contributed by atoms with Gasteiger partial charge < -0.3 is 19.9 Å². The van der Waals surface area contributed by atoms with Gasteiger partial charge in [-0.15, -0.1) is 0 Å². The Hall–Kier alpha value is -0.160. The molecule has 1 atom stereocenters. The Kier molecular flexibility index (Phi) is 6.06. The third-order valence-corrected chi connectivity index (χ3v) is 5.56. The molecule has 2 rings (SSSR count). The lowest BCUT2D eigenvalue weighted by atomic mass is 9.74. The van der Waals surface area contributed by atoms with Crippen molar-refractivity contribution in [2.45, 2.75) is 44.6 Å². The van der Waals surface area contributed by atoms with E-state index in [0.29, 0.717) is 11.0 Å². The molecule has 0 aromatic rings. The molecule has 21 heavy (non-hydrogen) atoms. The number of hydrogen-bond donors (Lipinski definition) is 1. The molecule has 0 amide bonds. The van der Waals surface area contributed by atoms with Gasteiger partial charge >= 0.3 is 0 Å². The van der Waals surface area contributed by atoms with Gasteiger partial charge in [0, 0.05) is 37.2 Å². The first-order chi connectivity index (χ1) is 10.0. The van der Waals surface area contributed by atoms with E-state index in [-0.39, 0.29) is 0 Å². The van der Waals surface area contributed by atoms with Crippen LogP contribution < -0.4 is 5.32 Å². The average molecular weight is 297 g/mol. The van der Waals surface area contributed by atoms with Crippen LogP contribution in [0.5, 0.6) is 0 Å². The number of hydrogen-bond acceptors (Lipinski definition) is 4. The van der Waals surface area contributed by atoms with E-state index in [1.54, 1.807) is 0 Å². The molecule has 4 nitrogen and oxygen atoms in total. The molecule has 1 unspecified atom stereocenters. The van der Waals surface area contributed by atoms with Crippen LogP contribution in [0.2, 0.25) is 0 Å². The molecule has 4 heteroatoms. The fourth-order valence-corrected chi connectivity index (χ4v) is 4.08. The average Bonchev–Trinajstić information content (AvgIpc) is 2.41. The second-order valence-corrected chi connectivity index (χ2v) is 7.58. The maximum Gasteiger partial charge on any atom is 0.0546 e. The topological polar surface area (TPSA) is 27.7 Å². The van der Waals surface area contributed by atoms with E-state index in [1.807, 2.05) is 0 Å². The van der Waals surface area contributed by atoms with Gasteiger partial charge in [0.05, 0.1) is 6.61 Å². The zero-order chi connectivity index (χ0) is 15.3. The fraction of sp³-hybridized carbons (Fsp3) is 1.00. The first-order valence-electron chi connectivity index (χ1n) is 8.66. The Bertz CT molecular complexity index is 309. The molecule has 0 radical (unpaired) electrons. The molecular weight excluding hydrogens is 262 g/mol. The Morgan fingerprint density at radius 2 is 1.81 bits per heavy atom. The maximum absolute atomic E-state index is 5.82. The van der Waals surface area contributed by atoms with Crippen LogP contribution >= 0.6 is 0 Å². The minimum Gasteiger partial charge on any atom is -0.381 e. The number of nitrogens with one attached hydrogen (secondary N) is 1. The minimum atomic E-state index is 0.306. The van der Waals surface area contributed by atoms with Crippen LogP contribution in [0.25, 0.3) is 0 Å². The normalized spacial score (nSPS) is 28.9. The van der Waals surface area contributed by atoms with E-state index in [4.69, 9.17) is 4.74 Å². The molecule has 1 saturated heterocycles. The van der Waals surface area contributed by atoms with E-state index >= 15 is 0 Å². The highest BCUT2D eigenvalue weighted by Crippen LogP contribution is 2.37. The van der Waals surface area contributed by atoms with Crippen LogP contribution in [0.4, 0.5) is 0 Å². The van der Waals surface area contributed by atoms with Crippen molar-refractivity contribution < 1.29 is 4.74 Å². The highest BCUT2D eigenvalue weighted by atomic mass is 16.5. The summed E-state index contributed by atoms with van der Waals surface area (Å²) in [5.41, 5.74) is 0.726. The summed E-state index contributed by atoms with van der Waals surface area (Å²) in [4.78, 5) is 5.01. The van der Waals surface area contributed by atoms with Crippen LogP contribution in [0.1, 0.15) is 39.0 Å².